The van der Waals surface area contributed by atoms with Gasteiger partial charge in [0.05, 0.1) is 24.5 Å². The largest absolute Gasteiger partial charge is 0.369 e. The molecule has 0 bridgehead atoms. The maximum atomic E-state index is 12.6. The first kappa shape index (κ1) is 21.8. The fourth-order valence-corrected chi connectivity index (χ4v) is 3.37. The zero-order chi connectivity index (χ0) is 22.1. The molecule has 1 aliphatic heterocycles. The minimum Gasteiger partial charge on any atom is -0.369 e. The Morgan fingerprint density at radius 2 is 2.10 bits per heavy atom. The molecule has 30 heavy (non-hydrogen) atoms. The third kappa shape index (κ3) is 4.64. The maximum Gasteiger partial charge on any atom is 0.273 e. The summed E-state index contributed by atoms with van der Waals surface area (Å²) < 4.78 is 5.25. The van der Waals surface area contributed by atoms with Crippen LogP contribution >= 0.6 is 11.6 Å². The molecule has 3 rings (SSSR count). The highest BCUT2D eigenvalue weighted by Gasteiger charge is 2.38. The van der Waals surface area contributed by atoms with Crippen molar-refractivity contribution in [2.75, 3.05) is 0 Å². The molecule has 1 aromatic carbocycles. The van der Waals surface area contributed by atoms with Gasteiger partial charge in [-0.2, -0.15) is 0 Å². The van der Waals surface area contributed by atoms with Gasteiger partial charge in [-0.15, -0.1) is 0 Å². The molecule has 1 aromatic heterocycles. The van der Waals surface area contributed by atoms with Gasteiger partial charge in [-0.25, -0.2) is 4.99 Å². The summed E-state index contributed by atoms with van der Waals surface area (Å²) in [6.07, 6.45) is 0.254. The SMILES string of the molecule is CC(C)[C@]1(C)CC(=O)N(Cc2cc(C(=O)N[C@@H](C)c3cccc(Cl)c3)no2)C(N)=N1. The first-order valence-corrected chi connectivity index (χ1v) is 10.1. The summed E-state index contributed by atoms with van der Waals surface area (Å²) >= 11 is 6.00. The van der Waals surface area contributed by atoms with Crippen LogP contribution in [-0.2, 0) is 11.3 Å². The molecule has 160 valence electrons. The molecule has 9 heteroatoms. The summed E-state index contributed by atoms with van der Waals surface area (Å²) in [4.78, 5) is 31.0. The van der Waals surface area contributed by atoms with Gasteiger partial charge in [0.1, 0.15) is 0 Å². The molecule has 2 heterocycles. The molecule has 1 aliphatic rings. The van der Waals surface area contributed by atoms with Crippen molar-refractivity contribution >= 4 is 29.4 Å². The molecule has 0 radical (unpaired) electrons. The number of aliphatic imine (C=N–C) groups is 1. The number of guanidine groups is 1. The van der Waals surface area contributed by atoms with E-state index in [1.807, 2.05) is 39.8 Å². The van der Waals surface area contributed by atoms with Crippen LogP contribution in [0.2, 0.25) is 5.02 Å². The summed E-state index contributed by atoms with van der Waals surface area (Å²) in [5.41, 5.74) is 6.50. The summed E-state index contributed by atoms with van der Waals surface area (Å²) in [6, 6.07) is 8.48. The highest BCUT2D eigenvalue weighted by Crippen LogP contribution is 2.30. The van der Waals surface area contributed by atoms with Crippen molar-refractivity contribution in [3.05, 3.63) is 52.4 Å². The molecule has 0 fully saturated rings. The van der Waals surface area contributed by atoms with Gasteiger partial charge < -0.3 is 15.6 Å². The Morgan fingerprint density at radius 1 is 1.37 bits per heavy atom. The Kier molecular flexibility index (Phi) is 6.17. The summed E-state index contributed by atoms with van der Waals surface area (Å²) in [7, 11) is 0. The Bertz CT molecular complexity index is 987. The molecular weight excluding hydrogens is 406 g/mol. The van der Waals surface area contributed by atoms with E-state index in [4.69, 9.17) is 21.9 Å². The molecule has 2 amide bonds. The molecule has 2 atom stereocenters. The van der Waals surface area contributed by atoms with Crippen LogP contribution in [0, 0.1) is 5.92 Å². The van der Waals surface area contributed by atoms with Crippen molar-refractivity contribution in [2.45, 2.75) is 52.2 Å². The molecule has 0 aliphatic carbocycles. The van der Waals surface area contributed by atoms with E-state index in [0.29, 0.717) is 10.8 Å². The molecule has 0 saturated heterocycles. The van der Waals surface area contributed by atoms with E-state index >= 15 is 0 Å². The Balaban J connectivity index is 1.68. The number of nitrogens with one attached hydrogen (secondary N) is 1. The average molecular weight is 432 g/mol. The van der Waals surface area contributed by atoms with Crippen LogP contribution in [0.15, 0.2) is 39.8 Å². The molecule has 0 saturated carbocycles. The molecule has 0 spiro atoms. The standard InChI is InChI=1S/C21H26ClN5O3/c1-12(2)21(4)10-18(28)27(20(23)25-21)11-16-9-17(26-30-16)19(29)24-13(3)14-6-5-7-15(22)8-14/h5-9,12-13H,10-11H2,1-4H3,(H2,23,25)(H,24,29)/t13-,21-/m0/s1. The van der Waals surface area contributed by atoms with Gasteiger partial charge in [0, 0.05) is 11.1 Å². The predicted molar refractivity (Wildman–Crippen MR) is 114 cm³/mol. The summed E-state index contributed by atoms with van der Waals surface area (Å²) in [5, 5.41) is 7.26. The first-order valence-electron chi connectivity index (χ1n) is 9.76. The van der Waals surface area contributed by atoms with E-state index < -0.39 is 11.4 Å². The Hall–Kier alpha value is -2.87. The van der Waals surface area contributed by atoms with E-state index in [0.717, 1.165) is 5.56 Å². The minimum absolute atomic E-state index is 0.0620. The second kappa shape index (κ2) is 8.47. The molecule has 2 aromatic rings. The lowest BCUT2D eigenvalue weighted by molar-refractivity contribution is -0.130. The number of amides is 2. The first-order chi connectivity index (χ1) is 14.1. The van der Waals surface area contributed by atoms with Gasteiger partial charge in [-0.1, -0.05) is 42.7 Å². The summed E-state index contributed by atoms with van der Waals surface area (Å²) in [5.74, 6) is 0.117. The van der Waals surface area contributed by atoms with Crippen molar-refractivity contribution in [2.24, 2.45) is 16.6 Å². The topological polar surface area (TPSA) is 114 Å². The highest BCUT2D eigenvalue weighted by molar-refractivity contribution is 6.30. The lowest BCUT2D eigenvalue weighted by Gasteiger charge is -2.37. The second-order valence-electron chi connectivity index (χ2n) is 8.07. The van der Waals surface area contributed by atoms with Gasteiger partial charge in [0.2, 0.25) is 5.91 Å². The number of aromatic nitrogens is 1. The third-order valence-corrected chi connectivity index (χ3v) is 5.74. The van der Waals surface area contributed by atoms with Crippen LogP contribution in [-0.4, -0.2) is 33.4 Å². The maximum absolute atomic E-state index is 12.6. The quantitative estimate of drug-likeness (QED) is 0.728. The van der Waals surface area contributed by atoms with Gasteiger partial charge >= 0.3 is 0 Å². The number of nitrogens with zero attached hydrogens (tertiary/aromatic N) is 3. The van der Waals surface area contributed by atoms with Crippen LogP contribution < -0.4 is 11.1 Å². The number of carbonyl (C=O) groups excluding carboxylic acids is 2. The van der Waals surface area contributed by atoms with E-state index in [-0.39, 0.29) is 42.5 Å². The number of hydrogen-bond donors (Lipinski definition) is 2. The number of hydrogen-bond acceptors (Lipinski definition) is 6. The molecule has 8 nitrogen and oxygen atoms in total. The number of nitrogens with two attached hydrogens (primary N) is 1. The van der Waals surface area contributed by atoms with E-state index in [9.17, 15) is 9.59 Å². The lowest BCUT2D eigenvalue weighted by atomic mass is 9.84. The lowest BCUT2D eigenvalue weighted by Crippen LogP contribution is -2.51. The van der Waals surface area contributed by atoms with Gasteiger partial charge in [-0.3, -0.25) is 14.5 Å². The molecule has 0 unspecified atom stereocenters. The van der Waals surface area contributed by atoms with Crippen LogP contribution in [0.25, 0.3) is 0 Å². The number of carbonyl (C=O) groups is 2. The number of benzene rings is 1. The van der Waals surface area contributed by atoms with Crippen molar-refractivity contribution in [1.82, 2.24) is 15.4 Å². The van der Waals surface area contributed by atoms with Crippen molar-refractivity contribution in [1.29, 1.82) is 0 Å². The Morgan fingerprint density at radius 3 is 2.73 bits per heavy atom. The van der Waals surface area contributed by atoms with Crippen LogP contribution in [0.3, 0.4) is 0 Å². The zero-order valence-electron chi connectivity index (χ0n) is 17.5. The highest BCUT2D eigenvalue weighted by atomic mass is 35.5. The third-order valence-electron chi connectivity index (χ3n) is 5.50. The van der Waals surface area contributed by atoms with Gasteiger partial charge in [0.25, 0.3) is 5.91 Å². The fraction of sp³-hybridized carbons (Fsp3) is 0.429. The fourth-order valence-electron chi connectivity index (χ4n) is 3.17. The van der Waals surface area contributed by atoms with Gasteiger partial charge in [-0.05, 0) is 37.5 Å². The predicted octanol–water partition coefficient (Wildman–Crippen LogP) is 3.28. The van der Waals surface area contributed by atoms with Crippen molar-refractivity contribution in [3.63, 3.8) is 0 Å². The van der Waals surface area contributed by atoms with Gasteiger partial charge in [0.15, 0.2) is 17.4 Å². The normalized spacial score (nSPS) is 20.3. The smallest absolute Gasteiger partial charge is 0.273 e. The van der Waals surface area contributed by atoms with E-state index in [2.05, 4.69) is 15.5 Å². The zero-order valence-corrected chi connectivity index (χ0v) is 18.2. The number of halogens is 1. The van der Waals surface area contributed by atoms with Crippen molar-refractivity contribution in [3.8, 4) is 0 Å². The summed E-state index contributed by atoms with van der Waals surface area (Å²) in [6.45, 7) is 7.83. The van der Waals surface area contributed by atoms with Crippen LogP contribution in [0.1, 0.15) is 62.0 Å². The Labute approximate surface area is 180 Å². The second-order valence-corrected chi connectivity index (χ2v) is 8.50. The number of rotatable bonds is 6. The molecular formula is C21H26ClN5O3. The minimum atomic E-state index is -0.527. The van der Waals surface area contributed by atoms with Crippen LogP contribution in [0.5, 0.6) is 0 Å². The van der Waals surface area contributed by atoms with E-state index in [1.54, 1.807) is 12.1 Å². The average Bonchev–Trinajstić information content (AvgIpc) is 3.13. The molecule has 3 N–H and O–H groups in total. The van der Waals surface area contributed by atoms with Crippen molar-refractivity contribution < 1.29 is 14.1 Å². The van der Waals surface area contributed by atoms with E-state index in [1.165, 1.54) is 11.0 Å². The monoisotopic (exact) mass is 431 g/mol. The van der Waals surface area contributed by atoms with Crippen LogP contribution in [0.4, 0.5) is 0 Å².